The van der Waals surface area contributed by atoms with Gasteiger partial charge >= 0.3 is 0 Å². The summed E-state index contributed by atoms with van der Waals surface area (Å²) < 4.78 is 5.22. The molecule has 19 heavy (non-hydrogen) atoms. The third kappa shape index (κ3) is 3.39. The van der Waals surface area contributed by atoms with E-state index in [1.807, 2.05) is 20.8 Å². The Bertz CT molecular complexity index is 471. The molecule has 0 aliphatic rings. The van der Waals surface area contributed by atoms with Gasteiger partial charge in [0.15, 0.2) is 0 Å². The minimum atomic E-state index is -0.863. The lowest BCUT2D eigenvalue weighted by atomic mass is 9.93. The number of amides is 1. The van der Waals surface area contributed by atoms with Gasteiger partial charge in [-0.3, -0.25) is 4.79 Å². The Kier molecular flexibility index (Phi) is 5.20. The van der Waals surface area contributed by atoms with Crippen molar-refractivity contribution in [3.05, 3.63) is 22.7 Å². The van der Waals surface area contributed by atoms with Gasteiger partial charge < -0.3 is 15.8 Å². The normalized spacial score (nSPS) is 11.3. The molecule has 1 rings (SSSR count). The summed E-state index contributed by atoms with van der Waals surface area (Å²) in [4.78, 5) is 12.2. The summed E-state index contributed by atoms with van der Waals surface area (Å²) in [5, 5.41) is 3.42. The second-order valence-corrected chi connectivity index (χ2v) is 5.03. The molecule has 0 unspecified atom stereocenters. The van der Waals surface area contributed by atoms with Crippen LogP contribution >= 0.6 is 11.6 Å². The second-order valence-electron chi connectivity index (χ2n) is 4.62. The van der Waals surface area contributed by atoms with Crippen molar-refractivity contribution in [2.24, 2.45) is 5.73 Å². The standard InChI is InChI=1S/C14H21ClN2O2/c1-5-14(16,6-2)13(18)17-11-7-9(3)10(15)8-12(11)19-4/h7-8H,5-6,16H2,1-4H3,(H,17,18). The molecule has 0 radical (unpaired) electrons. The fourth-order valence-corrected chi connectivity index (χ4v) is 1.90. The maximum absolute atomic E-state index is 12.2. The summed E-state index contributed by atoms with van der Waals surface area (Å²) >= 11 is 6.03. The van der Waals surface area contributed by atoms with Crippen LogP contribution in [0.25, 0.3) is 0 Å². The Labute approximate surface area is 119 Å². The van der Waals surface area contributed by atoms with Crippen LogP contribution in [0.1, 0.15) is 32.3 Å². The number of hydrogen-bond acceptors (Lipinski definition) is 3. The molecule has 0 atom stereocenters. The second kappa shape index (κ2) is 6.26. The van der Waals surface area contributed by atoms with E-state index in [4.69, 9.17) is 22.1 Å². The first-order valence-electron chi connectivity index (χ1n) is 6.32. The summed E-state index contributed by atoms with van der Waals surface area (Å²) in [5.74, 6) is 0.316. The van der Waals surface area contributed by atoms with E-state index < -0.39 is 5.54 Å². The van der Waals surface area contributed by atoms with Crippen molar-refractivity contribution in [2.75, 3.05) is 12.4 Å². The predicted molar refractivity (Wildman–Crippen MR) is 78.9 cm³/mol. The molecule has 0 spiro atoms. The van der Waals surface area contributed by atoms with E-state index in [0.717, 1.165) is 5.56 Å². The van der Waals surface area contributed by atoms with Crippen molar-refractivity contribution in [1.82, 2.24) is 0 Å². The van der Waals surface area contributed by atoms with Gasteiger partial charge in [0, 0.05) is 11.1 Å². The smallest absolute Gasteiger partial charge is 0.244 e. The average molecular weight is 285 g/mol. The van der Waals surface area contributed by atoms with Crippen LogP contribution in [0.4, 0.5) is 5.69 Å². The molecule has 0 heterocycles. The molecule has 0 aliphatic heterocycles. The van der Waals surface area contributed by atoms with Crippen LogP contribution in [0.5, 0.6) is 5.75 Å². The van der Waals surface area contributed by atoms with Gasteiger partial charge in [0.05, 0.1) is 18.3 Å². The van der Waals surface area contributed by atoms with Gasteiger partial charge in [-0.2, -0.15) is 0 Å². The van der Waals surface area contributed by atoms with E-state index in [9.17, 15) is 4.79 Å². The number of nitrogens with one attached hydrogen (secondary N) is 1. The Morgan fingerprint density at radius 3 is 2.47 bits per heavy atom. The molecular weight excluding hydrogens is 264 g/mol. The first-order valence-corrected chi connectivity index (χ1v) is 6.70. The van der Waals surface area contributed by atoms with Crippen molar-refractivity contribution in [1.29, 1.82) is 0 Å². The van der Waals surface area contributed by atoms with E-state index in [0.29, 0.717) is 29.3 Å². The molecule has 106 valence electrons. The zero-order valence-corrected chi connectivity index (χ0v) is 12.6. The highest BCUT2D eigenvalue weighted by Crippen LogP contribution is 2.31. The van der Waals surface area contributed by atoms with Crippen molar-refractivity contribution >= 4 is 23.2 Å². The summed E-state index contributed by atoms with van der Waals surface area (Å²) in [6.45, 7) is 5.66. The molecule has 1 aromatic rings. The molecule has 0 fully saturated rings. The molecule has 0 saturated carbocycles. The number of hydrogen-bond donors (Lipinski definition) is 2. The van der Waals surface area contributed by atoms with Crippen molar-refractivity contribution in [3.8, 4) is 5.75 Å². The van der Waals surface area contributed by atoms with E-state index in [1.54, 1.807) is 12.1 Å². The number of anilines is 1. The molecule has 1 amide bonds. The maximum atomic E-state index is 12.2. The van der Waals surface area contributed by atoms with E-state index >= 15 is 0 Å². The maximum Gasteiger partial charge on any atom is 0.244 e. The third-order valence-corrected chi connectivity index (χ3v) is 3.85. The Morgan fingerprint density at radius 2 is 2.00 bits per heavy atom. The fraction of sp³-hybridized carbons (Fsp3) is 0.500. The number of rotatable bonds is 5. The lowest BCUT2D eigenvalue weighted by Crippen LogP contribution is -2.50. The number of methoxy groups -OCH3 is 1. The van der Waals surface area contributed by atoms with Crippen LogP contribution in [0.3, 0.4) is 0 Å². The Hall–Kier alpha value is -1.26. The number of aryl methyl sites for hydroxylation is 1. The molecule has 1 aromatic carbocycles. The van der Waals surface area contributed by atoms with Crippen LogP contribution in [0.2, 0.25) is 5.02 Å². The van der Waals surface area contributed by atoms with Crippen molar-refractivity contribution in [2.45, 2.75) is 39.2 Å². The topological polar surface area (TPSA) is 64.4 Å². The van der Waals surface area contributed by atoms with E-state index in [-0.39, 0.29) is 5.91 Å². The SMILES string of the molecule is CCC(N)(CC)C(=O)Nc1cc(C)c(Cl)cc1OC. The highest BCUT2D eigenvalue weighted by atomic mass is 35.5. The number of benzene rings is 1. The van der Waals surface area contributed by atoms with Gasteiger partial charge in [-0.25, -0.2) is 0 Å². The van der Waals surface area contributed by atoms with Gasteiger partial charge in [0.25, 0.3) is 0 Å². The third-order valence-electron chi connectivity index (χ3n) is 3.44. The summed E-state index contributed by atoms with van der Waals surface area (Å²) in [6.07, 6.45) is 1.15. The van der Waals surface area contributed by atoms with Gasteiger partial charge in [-0.1, -0.05) is 25.4 Å². The number of ether oxygens (including phenoxy) is 1. The highest BCUT2D eigenvalue weighted by molar-refractivity contribution is 6.31. The number of carbonyl (C=O) groups is 1. The van der Waals surface area contributed by atoms with Gasteiger partial charge in [-0.15, -0.1) is 0 Å². The first-order chi connectivity index (χ1) is 8.87. The van der Waals surface area contributed by atoms with Crippen LogP contribution in [0, 0.1) is 6.92 Å². The highest BCUT2D eigenvalue weighted by Gasteiger charge is 2.30. The average Bonchev–Trinajstić information content (AvgIpc) is 2.41. The van der Waals surface area contributed by atoms with Gasteiger partial charge in [0.1, 0.15) is 5.75 Å². The molecule has 4 nitrogen and oxygen atoms in total. The summed E-state index contributed by atoms with van der Waals surface area (Å²) in [7, 11) is 1.53. The fourth-order valence-electron chi connectivity index (χ4n) is 1.75. The number of nitrogens with two attached hydrogens (primary N) is 1. The Balaban J connectivity index is 3.06. The molecule has 0 bridgehead atoms. The van der Waals surface area contributed by atoms with E-state index in [2.05, 4.69) is 5.32 Å². The van der Waals surface area contributed by atoms with Crippen LogP contribution in [-0.4, -0.2) is 18.6 Å². The lowest BCUT2D eigenvalue weighted by molar-refractivity contribution is -0.121. The monoisotopic (exact) mass is 284 g/mol. The molecule has 0 aromatic heterocycles. The Morgan fingerprint density at radius 1 is 1.42 bits per heavy atom. The van der Waals surface area contributed by atoms with Crippen LogP contribution < -0.4 is 15.8 Å². The zero-order valence-electron chi connectivity index (χ0n) is 11.8. The molecule has 0 saturated heterocycles. The first kappa shape index (κ1) is 15.8. The largest absolute Gasteiger partial charge is 0.495 e. The number of carbonyl (C=O) groups excluding carboxylic acids is 1. The van der Waals surface area contributed by atoms with Gasteiger partial charge in [-0.05, 0) is 31.4 Å². The number of halogens is 1. The molecule has 3 N–H and O–H groups in total. The van der Waals surface area contributed by atoms with Gasteiger partial charge in [0.2, 0.25) is 5.91 Å². The van der Waals surface area contributed by atoms with E-state index in [1.165, 1.54) is 7.11 Å². The predicted octanol–water partition coefficient (Wildman–Crippen LogP) is 3.11. The van der Waals surface area contributed by atoms with Crippen LogP contribution in [0.15, 0.2) is 12.1 Å². The van der Waals surface area contributed by atoms with Crippen LogP contribution in [-0.2, 0) is 4.79 Å². The zero-order chi connectivity index (χ0) is 14.6. The molecule has 0 aliphatic carbocycles. The summed E-state index contributed by atoms with van der Waals surface area (Å²) in [5.41, 5.74) is 6.66. The van der Waals surface area contributed by atoms with Crippen molar-refractivity contribution in [3.63, 3.8) is 0 Å². The molecule has 5 heteroatoms. The van der Waals surface area contributed by atoms with Crippen molar-refractivity contribution < 1.29 is 9.53 Å². The minimum Gasteiger partial charge on any atom is -0.495 e. The quantitative estimate of drug-likeness (QED) is 0.873. The molecular formula is C14H21ClN2O2. The summed E-state index contributed by atoms with van der Waals surface area (Å²) in [6, 6.07) is 3.47. The minimum absolute atomic E-state index is 0.211. The lowest BCUT2D eigenvalue weighted by Gasteiger charge is -2.25.